The van der Waals surface area contributed by atoms with Gasteiger partial charge in [-0.05, 0) is 31.5 Å². The predicted molar refractivity (Wildman–Crippen MR) is 82.9 cm³/mol. The Hall–Kier alpha value is -1.06. The minimum atomic E-state index is 0.366. The highest BCUT2D eigenvalue weighted by Crippen LogP contribution is 2.28. The van der Waals surface area contributed by atoms with Gasteiger partial charge in [0.2, 0.25) is 0 Å². The fourth-order valence-electron chi connectivity index (χ4n) is 2.41. The average molecular weight is 264 g/mol. The molecule has 2 unspecified atom stereocenters. The van der Waals surface area contributed by atoms with Gasteiger partial charge in [0.25, 0.3) is 0 Å². The minimum Gasteiger partial charge on any atom is -0.383 e. The molecule has 0 aliphatic heterocycles. The van der Waals surface area contributed by atoms with Crippen LogP contribution in [0.3, 0.4) is 0 Å². The summed E-state index contributed by atoms with van der Waals surface area (Å²) in [6, 6.07) is 9.42. The highest BCUT2D eigenvalue weighted by Gasteiger charge is 2.17. The molecule has 1 aromatic rings. The van der Waals surface area contributed by atoms with Gasteiger partial charge in [-0.3, -0.25) is 0 Å². The molecule has 0 saturated heterocycles. The molecule has 0 aliphatic rings. The van der Waals surface area contributed by atoms with Gasteiger partial charge in [0.1, 0.15) is 0 Å². The zero-order chi connectivity index (χ0) is 14.3. The van der Waals surface area contributed by atoms with Gasteiger partial charge in [0, 0.05) is 31.9 Å². The Bertz CT molecular complexity index is 368. The monoisotopic (exact) mass is 264 g/mol. The molecular weight excluding hydrogens is 236 g/mol. The van der Waals surface area contributed by atoms with E-state index >= 15 is 0 Å². The van der Waals surface area contributed by atoms with Crippen LogP contribution in [-0.2, 0) is 4.74 Å². The summed E-state index contributed by atoms with van der Waals surface area (Å²) in [6.07, 6.45) is 1.09. The van der Waals surface area contributed by atoms with Crippen molar-refractivity contribution in [2.75, 3.05) is 32.2 Å². The van der Waals surface area contributed by atoms with Crippen molar-refractivity contribution < 1.29 is 4.74 Å². The predicted octanol–water partition coefficient (Wildman–Crippen LogP) is 3.22. The number of anilines is 1. The fraction of sp³-hybridized carbons (Fsp3) is 0.625. The maximum absolute atomic E-state index is 5.26. The van der Waals surface area contributed by atoms with Gasteiger partial charge in [-0.25, -0.2) is 0 Å². The van der Waals surface area contributed by atoms with E-state index in [0.29, 0.717) is 12.1 Å². The molecule has 0 amide bonds. The van der Waals surface area contributed by atoms with Crippen molar-refractivity contribution >= 4 is 5.69 Å². The number of hydrogen-bond donors (Lipinski definition) is 1. The van der Waals surface area contributed by atoms with Crippen LogP contribution in [0.25, 0.3) is 0 Å². The van der Waals surface area contributed by atoms with Crippen LogP contribution < -0.4 is 10.2 Å². The Morgan fingerprint density at radius 1 is 1.26 bits per heavy atom. The first-order valence-electron chi connectivity index (χ1n) is 7.19. The van der Waals surface area contributed by atoms with Crippen molar-refractivity contribution in [1.82, 2.24) is 5.32 Å². The normalized spacial score (nSPS) is 14.2. The summed E-state index contributed by atoms with van der Waals surface area (Å²) < 4.78 is 5.26. The van der Waals surface area contributed by atoms with E-state index in [1.54, 1.807) is 7.11 Å². The van der Waals surface area contributed by atoms with Gasteiger partial charge in [-0.1, -0.05) is 32.0 Å². The minimum absolute atomic E-state index is 0.366. The van der Waals surface area contributed by atoms with Crippen LogP contribution in [0.4, 0.5) is 5.69 Å². The summed E-state index contributed by atoms with van der Waals surface area (Å²) in [5, 5.41) is 3.56. The fourth-order valence-corrected chi connectivity index (χ4v) is 2.41. The first-order valence-corrected chi connectivity index (χ1v) is 7.19. The first kappa shape index (κ1) is 16.0. The van der Waals surface area contributed by atoms with Crippen molar-refractivity contribution in [2.45, 2.75) is 39.3 Å². The molecule has 0 radical (unpaired) electrons. The molecule has 2 atom stereocenters. The number of hydrogen-bond acceptors (Lipinski definition) is 3. The molecule has 0 heterocycles. The Kier molecular flexibility index (Phi) is 6.89. The van der Waals surface area contributed by atoms with E-state index < -0.39 is 0 Å². The number of nitrogens with one attached hydrogen (secondary N) is 1. The van der Waals surface area contributed by atoms with E-state index in [9.17, 15) is 0 Å². The maximum atomic E-state index is 5.26. The summed E-state index contributed by atoms with van der Waals surface area (Å²) >= 11 is 0. The van der Waals surface area contributed by atoms with Crippen LogP contribution >= 0.6 is 0 Å². The number of ether oxygens (including phenoxy) is 1. The largest absolute Gasteiger partial charge is 0.383 e. The summed E-state index contributed by atoms with van der Waals surface area (Å²) in [6.45, 7) is 8.30. The first-order chi connectivity index (χ1) is 9.15. The third kappa shape index (κ3) is 4.22. The van der Waals surface area contributed by atoms with E-state index in [-0.39, 0.29) is 0 Å². The van der Waals surface area contributed by atoms with Crippen LogP contribution in [0.15, 0.2) is 24.3 Å². The molecule has 0 aromatic heterocycles. The van der Waals surface area contributed by atoms with Gasteiger partial charge < -0.3 is 15.0 Å². The summed E-state index contributed by atoms with van der Waals surface area (Å²) in [5.74, 6) is 0. The lowest BCUT2D eigenvalue weighted by molar-refractivity contribution is 0.183. The van der Waals surface area contributed by atoms with E-state index in [1.807, 2.05) is 0 Å². The highest BCUT2D eigenvalue weighted by atomic mass is 16.5. The third-order valence-electron chi connectivity index (χ3n) is 3.62. The molecule has 0 fully saturated rings. The number of para-hydroxylation sites is 1. The van der Waals surface area contributed by atoms with Crippen LogP contribution in [0.1, 0.15) is 38.8 Å². The summed E-state index contributed by atoms with van der Waals surface area (Å²) in [4.78, 5) is 2.30. The smallest absolute Gasteiger partial charge is 0.0663 e. The lowest BCUT2D eigenvalue weighted by atomic mass is 10.0. The van der Waals surface area contributed by atoms with Crippen molar-refractivity contribution in [3.8, 4) is 0 Å². The number of benzene rings is 1. The summed E-state index contributed by atoms with van der Waals surface area (Å²) in [7, 11) is 3.89. The Morgan fingerprint density at radius 2 is 1.95 bits per heavy atom. The van der Waals surface area contributed by atoms with E-state index in [0.717, 1.165) is 19.6 Å². The SMILES string of the molecule is CCNC(CC)c1ccccc1N(C)C(C)COC. The Balaban J connectivity index is 3.00. The Morgan fingerprint density at radius 3 is 2.53 bits per heavy atom. The Labute approximate surface area is 118 Å². The maximum Gasteiger partial charge on any atom is 0.0663 e. The van der Waals surface area contributed by atoms with Gasteiger partial charge in [0.05, 0.1) is 6.61 Å². The van der Waals surface area contributed by atoms with Crippen molar-refractivity contribution in [2.24, 2.45) is 0 Å². The van der Waals surface area contributed by atoms with Crippen LogP contribution in [0, 0.1) is 0 Å². The third-order valence-corrected chi connectivity index (χ3v) is 3.62. The number of nitrogens with zero attached hydrogens (tertiary/aromatic N) is 1. The second kappa shape index (κ2) is 8.18. The number of likely N-dealkylation sites (N-methyl/N-ethyl adjacent to an activating group) is 1. The van der Waals surface area contributed by atoms with Crippen LogP contribution in [0.2, 0.25) is 0 Å². The number of methoxy groups -OCH3 is 1. The van der Waals surface area contributed by atoms with Crippen molar-refractivity contribution in [1.29, 1.82) is 0 Å². The second-order valence-electron chi connectivity index (χ2n) is 4.99. The molecular formula is C16H28N2O. The molecule has 3 heteroatoms. The lowest BCUT2D eigenvalue weighted by Crippen LogP contribution is -2.34. The molecule has 1 aromatic carbocycles. The molecule has 1 N–H and O–H groups in total. The van der Waals surface area contributed by atoms with E-state index in [4.69, 9.17) is 4.74 Å². The van der Waals surface area contributed by atoms with Gasteiger partial charge in [-0.15, -0.1) is 0 Å². The van der Waals surface area contributed by atoms with E-state index in [2.05, 4.69) is 62.3 Å². The standard InChI is InChI=1S/C16H28N2O/c1-6-15(17-7-2)14-10-8-9-11-16(14)18(4)13(3)12-19-5/h8-11,13,15,17H,6-7,12H2,1-5H3. The molecule has 3 nitrogen and oxygen atoms in total. The van der Waals surface area contributed by atoms with Crippen molar-refractivity contribution in [3.63, 3.8) is 0 Å². The topological polar surface area (TPSA) is 24.5 Å². The molecule has 0 spiro atoms. The molecule has 0 aliphatic carbocycles. The van der Waals surface area contributed by atoms with Gasteiger partial charge in [0.15, 0.2) is 0 Å². The van der Waals surface area contributed by atoms with Gasteiger partial charge in [-0.2, -0.15) is 0 Å². The molecule has 1 rings (SSSR count). The highest BCUT2D eigenvalue weighted by molar-refractivity contribution is 5.55. The summed E-state index contributed by atoms with van der Waals surface area (Å²) in [5.41, 5.74) is 2.66. The van der Waals surface area contributed by atoms with E-state index in [1.165, 1.54) is 11.3 Å². The van der Waals surface area contributed by atoms with Gasteiger partial charge >= 0.3 is 0 Å². The quantitative estimate of drug-likeness (QED) is 0.780. The zero-order valence-electron chi connectivity index (χ0n) is 12.9. The van der Waals surface area contributed by atoms with Crippen LogP contribution in [-0.4, -0.2) is 33.4 Å². The molecule has 19 heavy (non-hydrogen) atoms. The lowest BCUT2D eigenvalue weighted by Gasteiger charge is -2.31. The average Bonchev–Trinajstić information content (AvgIpc) is 2.44. The van der Waals surface area contributed by atoms with Crippen molar-refractivity contribution in [3.05, 3.63) is 29.8 Å². The number of rotatable bonds is 8. The molecule has 0 saturated carbocycles. The van der Waals surface area contributed by atoms with Crippen LogP contribution in [0.5, 0.6) is 0 Å². The zero-order valence-corrected chi connectivity index (χ0v) is 12.9. The molecule has 108 valence electrons. The molecule has 0 bridgehead atoms. The second-order valence-corrected chi connectivity index (χ2v) is 4.99.